The summed E-state index contributed by atoms with van der Waals surface area (Å²) in [5.74, 6) is 0.209. The summed E-state index contributed by atoms with van der Waals surface area (Å²) in [4.78, 5) is 42.7. The van der Waals surface area contributed by atoms with Gasteiger partial charge in [-0.25, -0.2) is 4.79 Å². The molecule has 0 spiro atoms. The maximum Gasteiger partial charge on any atom is 0.333 e. The molecule has 2 amide bonds. The zero-order valence-electron chi connectivity index (χ0n) is 21.9. The highest BCUT2D eigenvalue weighted by Crippen LogP contribution is 2.14. The fourth-order valence-electron chi connectivity index (χ4n) is 3.19. The van der Waals surface area contributed by atoms with Crippen LogP contribution in [0.15, 0.2) is 11.6 Å². The van der Waals surface area contributed by atoms with Gasteiger partial charge in [0.2, 0.25) is 11.8 Å². The molecule has 186 valence electrons. The van der Waals surface area contributed by atoms with Crippen LogP contribution in [-0.4, -0.2) is 98.5 Å². The number of piperazine rings is 1. The first-order chi connectivity index (χ1) is 14.8. The van der Waals surface area contributed by atoms with E-state index in [-0.39, 0.29) is 42.3 Å². The molecule has 8 heteroatoms. The van der Waals surface area contributed by atoms with Crippen LogP contribution >= 0.6 is 0 Å². The minimum atomic E-state index is -0.383. The first-order valence-electron chi connectivity index (χ1n) is 11.6. The first kappa shape index (κ1) is 30.1. The van der Waals surface area contributed by atoms with E-state index in [2.05, 4.69) is 31.0 Å². The molecule has 0 aromatic heterocycles. The van der Waals surface area contributed by atoms with E-state index >= 15 is 0 Å². The van der Waals surface area contributed by atoms with Crippen molar-refractivity contribution in [1.29, 1.82) is 0 Å². The Balaban J connectivity index is 0.00000220. The predicted octanol–water partition coefficient (Wildman–Crippen LogP) is 2.00. The Morgan fingerprint density at radius 1 is 1.12 bits per heavy atom. The Morgan fingerprint density at radius 2 is 1.69 bits per heavy atom. The molecule has 0 radical (unpaired) electrons. The van der Waals surface area contributed by atoms with E-state index in [1.54, 1.807) is 31.9 Å². The number of amides is 2. The van der Waals surface area contributed by atoms with Crippen LogP contribution in [0.5, 0.6) is 0 Å². The normalized spacial score (nSPS) is 18.6. The summed E-state index contributed by atoms with van der Waals surface area (Å²) in [6, 6.07) is -0.527. The maximum absolute atomic E-state index is 12.6. The van der Waals surface area contributed by atoms with Gasteiger partial charge in [0.05, 0.1) is 19.2 Å². The lowest BCUT2D eigenvalue weighted by Crippen LogP contribution is -2.57. The molecule has 0 aromatic rings. The second-order valence-electron chi connectivity index (χ2n) is 9.52. The quantitative estimate of drug-likeness (QED) is 0.446. The number of nitrogens with zero attached hydrogens (tertiary/aromatic N) is 3. The molecule has 1 fully saturated rings. The number of esters is 1. The molecule has 2 atom stereocenters. The van der Waals surface area contributed by atoms with Crippen LogP contribution < -0.4 is 5.32 Å². The van der Waals surface area contributed by atoms with E-state index in [4.69, 9.17) is 4.74 Å². The SMILES string of the molecule is CC(C)C.CCOC(=O)/C(C)=C/[C@H](C(C)C)N(C)C(=O)CNC(=O)C1CN(C)CCN1C. The fraction of sp³-hybridized carbons (Fsp3) is 0.792. The van der Waals surface area contributed by atoms with Crippen molar-refractivity contribution in [2.45, 2.75) is 60.5 Å². The summed E-state index contributed by atoms with van der Waals surface area (Å²) < 4.78 is 5.01. The van der Waals surface area contributed by atoms with Crippen molar-refractivity contribution in [3.63, 3.8) is 0 Å². The average Bonchev–Trinajstić information content (AvgIpc) is 2.70. The van der Waals surface area contributed by atoms with Crippen LogP contribution in [0.25, 0.3) is 0 Å². The van der Waals surface area contributed by atoms with Gasteiger partial charge in [0.15, 0.2) is 0 Å². The van der Waals surface area contributed by atoms with Crippen molar-refractivity contribution < 1.29 is 19.1 Å². The molecule has 1 aliphatic rings. The van der Waals surface area contributed by atoms with E-state index in [0.29, 0.717) is 18.7 Å². The maximum atomic E-state index is 12.6. The molecule has 1 rings (SSSR count). The molecule has 0 saturated carbocycles. The Bertz CT molecular complexity index is 631. The van der Waals surface area contributed by atoms with Gasteiger partial charge in [-0.05, 0) is 39.8 Å². The van der Waals surface area contributed by atoms with Crippen molar-refractivity contribution in [3.05, 3.63) is 11.6 Å². The summed E-state index contributed by atoms with van der Waals surface area (Å²) in [5, 5.41) is 2.76. The third-order valence-corrected chi connectivity index (χ3v) is 5.11. The van der Waals surface area contributed by atoms with Gasteiger partial charge in [-0.3, -0.25) is 14.5 Å². The van der Waals surface area contributed by atoms with Crippen molar-refractivity contribution in [3.8, 4) is 0 Å². The number of nitrogens with one attached hydrogen (secondary N) is 1. The van der Waals surface area contributed by atoms with Crippen molar-refractivity contribution in [2.24, 2.45) is 11.8 Å². The summed E-state index contributed by atoms with van der Waals surface area (Å²) in [7, 11) is 5.59. The fourth-order valence-corrected chi connectivity index (χ4v) is 3.19. The molecule has 1 heterocycles. The second kappa shape index (κ2) is 15.0. The Kier molecular flexibility index (Phi) is 14.1. The third kappa shape index (κ3) is 11.1. The Hall–Kier alpha value is -1.93. The van der Waals surface area contributed by atoms with Gasteiger partial charge < -0.3 is 19.9 Å². The zero-order valence-corrected chi connectivity index (χ0v) is 21.9. The molecule has 1 saturated heterocycles. The average molecular weight is 455 g/mol. The van der Waals surface area contributed by atoms with E-state index < -0.39 is 0 Å². The van der Waals surface area contributed by atoms with Crippen molar-refractivity contribution in [1.82, 2.24) is 20.0 Å². The number of ether oxygens (including phenoxy) is 1. The van der Waals surface area contributed by atoms with E-state index in [9.17, 15) is 14.4 Å². The van der Waals surface area contributed by atoms with Gasteiger partial charge in [-0.1, -0.05) is 40.7 Å². The molecule has 0 aromatic carbocycles. The summed E-state index contributed by atoms with van der Waals surface area (Å²) in [5.41, 5.74) is 0.469. The van der Waals surface area contributed by atoms with E-state index in [0.717, 1.165) is 19.0 Å². The number of carbonyl (C=O) groups excluding carboxylic acids is 3. The largest absolute Gasteiger partial charge is 0.463 e. The van der Waals surface area contributed by atoms with E-state index in [1.165, 1.54) is 0 Å². The van der Waals surface area contributed by atoms with E-state index in [1.807, 2.05) is 32.8 Å². The molecule has 1 aliphatic heterocycles. The van der Waals surface area contributed by atoms with Crippen LogP contribution in [0.3, 0.4) is 0 Å². The Labute approximate surface area is 195 Å². The van der Waals surface area contributed by atoms with Gasteiger partial charge in [0.1, 0.15) is 6.04 Å². The highest BCUT2D eigenvalue weighted by molar-refractivity contribution is 5.89. The lowest BCUT2D eigenvalue weighted by molar-refractivity contribution is -0.138. The lowest BCUT2D eigenvalue weighted by Gasteiger charge is -2.36. The van der Waals surface area contributed by atoms with Gasteiger partial charge in [-0.15, -0.1) is 0 Å². The van der Waals surface area contributed by atoms with Gasteiger partial charge >= 0.3 is 5.97 Å². The monoisotopic (exact) mass is 454 g/mol. The molecule has 0 aliphatic carbocycles. The lowest BCUT2D eigenvalue weighted by atomic mass is 10.00. The first-order valence-corrected chi connectivity index (χ1v) is 11.6. The van der Waals surface area contributed by atoms with Crippen LogP contribution in [0.4, 0.5) is 0 Å². The van der Waals surface area contributed by atoms with Crippen molar-refractivity contribution in [2.75, 3.05) is 53.9 Å². The minimum absolute atomic E-state index is 0.0705. The number of likely N-dealkylation sites (N-methyl/N-ethyl adjacent to an activating group) is 3. The number of carbonyl (C=O) groups is 3. The third-order valence-electron chi connectivity index (χ3n) is 5.11. The molecule has 0 bridgehead atoms. The summed E-state index contributed by atoms with van der Waals surface area (Å²) in [6.45, 7) is 16.5. The highest BCUT2D eigenvalue weighted by atomic mass is 16.5. The Morgan fingerprint density at radius 3 is 2.19 bits per heavy atom. The van der Waals surface area contributed by atoms with Gasteiger partial charge in [0, 0.05) is 32.3 Å². The van der Waals surface area contributed by atoms with Crippen LogP contribution in [0.1, 0.15) is 48.5 Å². The smallest absolute Gasteiger partial charge is 0.333 e. The van der Waals surface area contributed by atoms with Gasteiger partial charge in [-0.2, -0.15) is 0 Å². The van der Waals surface area contributed by atoms with Crippen LogP contribution in [0, 0.1) is 11.8 Å². The second-order valence-corrected chi connectivity index (χ2v) is 9.52. The van der Waals surface area contributed by atoms with Crippen molar-refractivity contribution >= 4 is 17.8 Å². The van der Waals surface area contributed by atoms with Crippen LogP contribution in [0.2, 0.25) is 0 Å². The molecular formula is C24H46N4O4. The predicted molar refractivity (Wildman–Crippen MR) is 129 cm³/mol. The number of hydrogen-bond acceptors (Lipinski definition) is 6. The number of rotatable bonds is 8. The molecular weight excluding hydrogens is 408 g/mol. The molecule has 8 nitrogen and oxygen atoms in total. The zero-order chi connectivity index (χ0) is 25.0. The molecule has 1 N–H and O–H groups in total. The highest BCUT2D eigenvalue weighted by Gasteiger charge is 2.29. The molecule has 32 heavy (non-hydrogen) atoms. The summed E-state index contributed by atoms with van der Waals surface area (Å²) in [6.07, 6.45) is 1.76. The summed E-state index contributed by atoms with van der Waals surface area (Å²) >= 11 is 0. The van der Waals surface area contributed by atoms with Crippen LogP contribution in [-0.2, 0) is 19.1 Å². The molecule has 1 unspecified atom stereocenters. The standard InChI is InChI=1S/C20H36N4O4.C4H10/c1-8-28-20(27)15(4)11-16(14(2)3)24(7)18(25)12-21-19(26)17-13-22(5)9-10-23(17)6;1-4(2)3/h11,14,16-17H,8-10,12-13H2,1-7H3,(H,21,26);4H,1-3H3/b15-11+;/t16-,17?;/m1./s1. The minimum Gasteiger partial charge on any atom is -0.463 e. The topological polar surface area (TPSA) is 82.2 Å². The van der Waals surface area contributed by atoms with Gasteiger partial charge in [0.25, 0.3) is 0 Å². The number of hydrogen-bond donors (Lipinski definition) is 1.